The Hall–Kier alpha value is -9.64. The Labute approximate surface area is 421 Å². The van der Waals surface area contributed by atoms with E-state index in [0.29, 0.717) is 0 Å². The average Bonchev–Trinajstić information content (AvgIpc) is 4.20. The van der Waals surface area contributed by atoms with Crippen molar-refractivity contribution >= 4 is 54.5 Å². The average molecular weight is 927 g/mol. The molecule has 0 unspecified atom stereocenters. The second-order valence-electron chi connectivity index (χ2n) is 19.6. The zero-order chi connectivity index (χ0) is 47.8. The van der Waals surface area contributed by atoms with E-state index in [-0.39, 0.29) is 0 Å². The summed E-state index contributed by atoms with van der Waals surface area (Å²) >= 11 is 0. The van der Waals surface area contributed by atoms with E-state index < -0.39 is 5.41 Å². The summed E-state index contributed by atoms with van der Waals surface area (Å²) in [5.41, 5.74) is 22.8. The molecule has 14 aromatic rings. The van der Waals surface area contributed by atoms with Gasteiger partial charge in [-0.1, -0.05) is 194 Å². The Bertz CT molecular complexity index is 4510. The fourth-order valence-corrected chi connectivity index (χ4v) is 13.0. The van der Waals surface area contributed by atoms with Crippen LogP contribution in [0.15, 0.2) is 255 Å². The van der Waals surface area contributed by atoms with Crippen LogP contribution in [0.1, 0.15) is 22.3 Å². The number of para-hydroxylation sites is 5. The molecule has 11 aromatic carbocycles. The molecule has 2 aliphatic carbocycles. The Morgan fingerprint density at radius 1 is 0.301 bits per heavy atom. The first kappa shape index (κ1) is 40.1. The molecule has 73 heavy (non-hydrogen) atoms. The Morgan fingerprint density at radius 3 is 1.55 bits per heavy atom. The maximum atomic E-state index is 5.69. The summed E-state index contributed by atoms with van der Waals surface area (Å²) in [5, 5.41) is 5.97. The van der Waals surface area contributed by atoms with Gasteiger partial charge < -0.3 is 4.57 Å². The number of aromatic nitrogens is 4. The summed E-state index contributed by atoms with van der Waals surface area (Å²) in [6.45, 7) is 0. The number of pyridine rings is 1. The van der Waals surface area contributed by atoms with Crippen molar-refractivity contribution in [2.24, 2.45) is 0 Å². The summed E-state index contributed by atoms with van der Waals surface area (Å²) in [6, 6.07) is 93.3. The first-order valence-electron chi connectivity index (χ1n) is 25.2. The molecule has 338 valence electrons. The lowest BCUT2D eigenvalue weighted by Crippen LogP contribution is -2.25. The Morgan fingerprint density at radius 2 is 0.849 bits per heavy atom. The minimum Gasteiger partial charge on any atom is -0.309 e. The molecule has 0 amide bonds. The standard InChI is InChI=1S/C69H42N4/c1-2-18-44(19-3-1)68-71-61-30-14-17-33-64(61)73(68)47-36-34-43(35-37-47)45-40-46(42-48(41-45)72-62-31-15-8-22-51(62)52-23-9-16-32-63(52)72)67-55-38-39-59-66(65(55)54-25-7-13-29-60(54)70-67)53-24-6-12-28-58(53)69(59)56-26-10-4-20-49(56)50-21-5-11-27-57(50)69/h1-42H. The highest BCUT2D eigenvalue weighted by molar-refractivity contribution is 6.20. The molecule has 0 saturated heterocycles. The van der Waals surface area contributed by atoms with Crippen molar-refractivity contribution < 1.29 is 0 Å². The monoisotopic (exact) mass is 926 g/mol. The summed E-state index contributed by atoms with van der Waals surface area (Å²) < 4.78 is 4.72. The van der Waals surface area contributed by atoms with Crippen LogP contribution in [0.5, 0.6) is 0 Å². The molecule has 0 bridgehead atoms. The predicted octanol–water partition coefficient (Wildman–Crippen LogP) is 17.2. The molecule has 3 heterocycles. The van der Waals surface area contributed by atoms with Crippen molar-refractivity contribution in [3.63, 3.8) is 0 Å². The smallest absolute Gasteiger partial charge is 0.145 e. The SMILES string of the molecule is c1ccc(-c2nc3ccccc3n2-c2ccc(-c3cc(-c4nc5ccccc5c5c6c(ccc45)C4(c5ccccc5-c5ccccc54)c4ccccc4-6)cc(-n4c5ccccc5c5ccccc54)c3)cc2)cc1. The van der Waals surface area contributed by atoms with Crippen molar-refractivity contribution in [3.05, 3.63) is 277 Å². The maximum Gasteiger partial charge on any atom is 0.145 e. The van der Waals surface area contributed by atoms with E-state index in [2.05, 4.69) is 264 Å². The van der Waals surface area contributed by atoms with E-state index in [4.69, 9.17) is 9.97 Å². The summed E-state index contributed by atoms with van der Waals surface area (Å²) in [4.78, 5) is 10.8. The quantitative estimate of drug-likeness (QED) is 0.161. The van der Waals surface area contributed by atoms with Gasteiger partial charge in [-0.3, -0.25) is 4.57 Å². The highest BCUT2D eigenvalue weighted by Gasteiger charge is 2.52. The zero-order valence-corrected chi connectivity index (χ0v) is 39.5. The van der Waals surface area contributed by atoms with Crippen molar-refractivity contribution in [3.8, 4) is 67.4 Å². The van der Waals surface area contributed by atoms with Crippen molar-refractivity contribution in [1.82, 2.24) is 19.1 Å². The van der Waals surface area contributed by atoms with Crippen molar-refractivity contribution in [1.29, 1.82) is 0 Å². The summed E-state index contributed by atoms with van der Waals surface area (Å²) in [6.07, 6.45) is 0. The third-order valence-electron chi connectivity index (χ3n) is 15.9. The lowest BCUT2D eigenvalue weighted by Gasteiger charge is -2.30. The predicted molar refractivity (Wildman–Crippen MR) is 301 cm³/mol. The van der Waals surface area contributed by atoms with Crippen molar-refractivity contribution in [2.45, 2.75) is 5.41 Å². The van der Waals surface area contributed by atoms with Crippen molar-refractivity contribution in [2.75, 3.05) is 0 Å². The Kier molecular flexibility index (Phi) is 8.35. The molecule has 16 rings (SSSR count). The number of benzene rings is 11. The van der Waals surface area contributed by atoms with E-state index in [1.54, 1.807) is 0 Å². The summed E-state index contributed by atoms with van der Waals surface area (Å²) in [7, 11) is 0. The first-order chi connectivity index (χ1) is 36.2. The van der Waals surface area contributed by atoms with Gasteiger partial charge in [0.2, 0.25) is 0 Å². The first-order valence-corrected chi connectivity index (χ1v) is 25.2. The molecule has 4 heteroatoms. The van der Waals surface area contributed by atoms with Gasteiger partial charge >= 0.3 is 0 Å². The third kappa shape index (κ3) is 5.55. The highest BCUT2D eigenvalue weighted by Crippen LogP contribution is 2.64. The summed E-state index contributed by atoms with van der Waals surface area (Å²) in [5.74, 6) is 0.917. The highest BCUT2D eigenvalue weighted by atomic mass is 15.1. The van der Waals surface area contributed by atoms with Crippen LogP contribution in [-0.4, -0.2) is 19.1 Å². The fourth-order valence-electron chi connectivity index (χ4n) is 13.0. The van der Waals surface area contributed by atoms with Gasteiger partial charge in [-0.25, -0.2) is 9.97 Å². The maximum absolute atomic E-state index is 5.69. The zero-order valence-electron chi connectivity index (χ0n) is 39.5. The van der Waals surface area contributed by atoms with Crippen LogP contribution in [-0.2, 0) is 5.41 Å². The van der Waals surface area contributed by atoms with E-state index in [1.165, 1.54) is 60.7 Å². The van der Waals surface area contributed by atoms with Crippen LogP contribution in [0.4, 0.5) is 0 Å². The number of hydrogen-bond donors (Lipinski definition) is 0. The normalized spacial score (nSPS) is 13.0. The molecule has 1 spiro atoms. The van der Waals surface area contributed by atoms with Gasteiger partial charge in [0.1, 0.15) is 5.82 Å². The minimum atomic E-state index is -0.460. The van der Waals surface area contributed by atoms with E-state index in [1.807, 2.05) is 0 Å². The number of imidazole rings is 1. The van der Waals surface area contributed by atoms with Gasteiger partial charge in [-0.15, -0.1) is 0 Å². The third-order valence-corrected chi connectivity index (χ3v) is 15.9. The molecule has 0 aliphatic heterocycles. The van der Waals surface area contributed by atoms with Crippen LogP contribution in [0.25, 0.3) is 122 Å². The lowest BCUT2D eigenvalue weighted by molar-refractivity contribution is 0.794. The second kappa shape index (κ2) is 15.2. The van der Waals surface area contributed by atoms with E-state index >= 15 is 0 Å². The largest absolute Gasteiger partial charge is 0.309 e. The van der Waals surface area contributed by atoms with Gasteiger partial charge in [0.25, 0.3) is 0 Å². The molecule has 0 atom stereocenters. The molecule has 4 nitrogen and oxygen atoms in total. The number of fused-ring (bicyclic) bond motifs is 18. The topological polar surface area (TPSA) is 35.6 Å². The van der Waals surface area contributed by atoms with Crippen LogP contribution < -0.4 is 0 Å². The van der Waals surface area contributed by atoms with Crippen LogP contribution in [0, 0.1) is 0 Å². The number of hydrogen-bond acceptors (Lipinski definition) is 2. The number of nitrogens with zero attached hydrogens (tertiary/aromatic N) is 4. The molecule has 0 fully saturated rings. The number of rotatable bonds is 5. The fraction of sp³-hybridized carbons (Fsp3) is 0.0145. The van der Waals surface area contributed by atoms with E-state index in [0.717, 1.165) is 83.5 Å². The van der Waals surface area contributed by atoms with Gasteiger partial charge in [-0.05, 0) is 116 Å². The molecule has 0 saturated carbocycles. The molecule has 3 aromatic heterocycles. The molecule has 2 aliphatic rings. The van der Waals surface area contributed by atoms with Gasteiger partial charge in [0.05, 0.1) is 38.7 Å². The second-order valence-corrected chi connectivity index (χ2v) is 19.6. The molecule has 0 N–H and O–H groups in total. The molecular weight excluding hydrogens is 885 g/mol. The lowest BCUT2D eigenvalue weighted by atomic mass is 9.70. The minimum absolute atomic E-state index is 0.460. The van der Waals surface area contributed by atoms with Gasteiger partial charge in [0.15, 0.2) is 0 Å². The Balaban J connectivity index is 0.962. The molecular formula is C69H42N4. The van der Waals surface area contributed by atoms with Gasteiger partial charge in [0, 0.05) is 49.4 Å². The van der Waals surface area contributed by atoms with Crippen LogP contribution in [0.2, 0.25) is 0 Å². The van der Waals surface area contributed by atoms with Crippen LogP contribution >= 0.6 is 0 Å². The van der Waals surface area contributed by atoms with Gasteiger partial charge in [-0.2, -0.15) is 0 Å². The van der Waals surface area contributed by atoms with Crippen LogP contribution in [0.3, 0.4) is 0 Å². The van der Waals surface area contributed by atoms with E-state index in [9.17, 15) is 0 Å². The molecule has 0 radical (unpaired) electrons.